The Morgan fingerprint density at radius 3 is 2.66 bits per heavy atom. The van der Waals surface area contributed by atoms with E-state index in [1.807, 2.05) is 30.0 Å². The first-order chi connectivity index (χ1) is 15.7. The number of piperidine rings is 1. The fraction of sp³-hybridized carbons (Fsp3) is 0.600. The van der Waals surface area contributed by atoms with Crippen molar-refractivity contribution < 1.29 is 14.1 Å². The number of nitrogens with zero attached hydrogens (tertiary/aromatic N) is 4. The first kappa shape index (κ1) is 22.8. The highest BCUT2D eigenvalue weighted by Gasteiger charge is 2.29. The number of ether oxygens (including phenoxy) is 1. The molecule has 0 spiro atoms. The molecule has 1 amide bonds. The van der Waals surface area contributed by atoms with Gasteiger partial charge in [0.15, 0.2) is 0 Å². The summed E-state index contributed by atoms with van der Waals surface area (Å²) in [6.45, 7) is 10.6. The van der Waals surface area contributed by atoms with E-state index >= 15 is 0 Å². The van der Waals surface area contributed by atoms with Crippen molar-refractivity contribution >= 4 is 11.8 Å². The monoisotopic (exact) mass is 440 g/mol. The number of benzene rings is 1. The van der Waals surface area contributed by atoms with Crippen molar-refractivity contribution in [1.82, 2.24) is 15.0 Å². The van der Waals surface area contributed by atoms with Crippen LogP contribution in [0.1, 0.15) is 45.1 Å². The molecule has 1 aromatic heterocycles. The molecule has 1 unspecified atom stereocenters. The Balaban J connectivity index is 1.62. The average molecular weight is 441 g/mol. The number of hydrogen-bond acceptors (Lipinski definition) is 6. The molecule has 3 heterocycles. The molecule has 0 aliphatic carbocycles. The van der Waals surface area contributed by atoms with E-state index < -0.39 is 0 Å². The van der Waals surface area contributed by atoms with Crippen LogP contribution in [0.2, 0.25) is 0 Å². The summed E-state index contributed by atoms with van der Waals surface area (Å²) >= 11 is 0. The van der Waals surface area contributed by atoms with Crippen LogP contribution in [0.5, 0.6) is 0 Å². The topological polar surface area (TPSA) is 62.1 Å². The molecule has 4 rings (SSSR count). The lowest BCUT2D eigenvalue weighted by atomic mass is 10.0. The summed E-state index contributed by atoms with van der Waals surface area (Å²) in [7, 11) is 0. The molecule has 32 heavy (non-hydrogen) atoms. The van der Waals surface area contributed by atoms with Gasteiger partial charge < -0.3 is 19.1 Å². The van der Waals surface area contributed by atoms with Gasteiger partial charge in [-0.25, -0.2) is 0 Å². The molecule has 2 saturated heterocycles. The van der Waals surface area contributed by atoms with Gasteiger partial charge in [-0.2, -0.15) is 0 Å². The quantitative estimate of drug-likeness (QED) is 0.622. The molecule has 2 aliphatic heterocycles. The van der Waals surface area contributed by atoms with Crippen LogP contribution in [0.3, 0.4) is 0 Å². The van der Waals surface area contributed by atoms with E-state index in [0.717, 1.165) is 74.9 Å². The van der Waals surface area contributed by atoms with Crippen molar-refractivity contribution in [3.8, 4) is 11.3 Å². The lowest BCUT2D eigenvalue weighted by Crippen LogP contribution is -2.43. The number of morpholine rings is 1. The van der Waals surface area contributed by atoms with Crippen molar-refractivity contribution in [2.24, 2.45) is 0 Å². The van der Waals surface area contributed by atoms with Crippen LogP contribution in [-0.4, -0.2) is 72.8 Å². The number of carbonyl (C=O) groups is 1. The average Bonchev–Trinajstić information content (AvgIpc) is 3.26. The minimum absolute atomic E-state index is 0.163. The maximum absolute atomic E-state index is 12.9. The third kappa shape index (κ3) is 5.33. The van der Waals surface area contributed by atoms with E-state index in [0.29, 0.717) is 25.6 Å². The molecule has 0 saturated carbocycles. The van der Waals surface area contributed by atoms with Crippen LogP contribution in [-0.2, 0) is 16.1 Å². The van der Waals surface area contributed by atoms with E-state index in [9.17, 15) is 4.79 Å². The van der Waals surface area contributed by atoms with Gasteiger partial charge in [0.2, 0.25) is 11.8 Å². The normalized spacial score (nSPS) is 19.8. The number of aromatic nitrogens is 1. The standard InChI is InChI=1S/C25H36N4O3/c1-3-23(30)28(14-13-27-15-17-31-18-16-27)19-22-24(21-10-5-4-6-11-21)26-32-25(22)29-12-8-7-9-20(29)2/h4-6,10-11,20H,3,7-9,12-19H2,1-2H3. The highest BCUT2D eigenvalue weighted by Crippen LogP contribution is 2.35. The second kappa shape index (κ2) is 11.0. The summed E-state index contributed by atoms with van der Waals surface area (Å²) in [5.41, 5.74) is 2.90. The number of carbonyl (C=O) groups excluding carboxylic acids is 1. The molecule has 1 aromatic carbocycles. The zero-order chi connectivity index (χ0) is 22.3. The third-order valence-electron chi connectivity index (χ3n) is 6.67. The molecule has 2 fully saturated rings. The van der Waals surface area contributed by atoms with Crippen molar-refractivity contribution in [2.45, 2.75) is 52.1 Å². The Hall–Kier alpha value is -2.38. The van der Waals surface area contributed by atoms with E-state index in [2.05, 4.69) is 34.0 Å². The second-order valence-corrected chi connectivity index (χ2v) is 8.84. The minimum atomic E-state index is 0.163. The van der Waals surface area contributed by atoms with Crippen molar-refractivity contribution in [3.05, 3.63) is 35.9 Å². The first-order valence-electron chi connectivity index (χ1n) is 12.1. The van der Waals surface area contributed by atoms with Gasteiger partial charge >= 0.3 is 0 Å². The summed E-state index contributed by atoms with van der Waals surface area (Å²) in [4.78, 5) is 19.6. The van der Waals surface area contributed by atoms with Crippen LogP contribution in [0, 0.1) is 0 Å². The minimum Gasteiger partial charge on any atom is -0.379 e. The van der Waals surface area contributed by atoms with E-state index in [1.54, 1.807) is 0 Å². The van der Waals surface area contributed by atoms with Gasteiger partial charge in [0, 0.05) is 50.7 Å². The van der Waals surface area contributed by atoms with Crippen LogP contribution < -0.4 is 4.90 Å². The van der Waals surface area contributed by atoms with Gasteiger partial charge in [0.1, 0.15) is 5.69 Å². The fourth-order valence-corrected chi connectivity index (χ4v) is 4.68. The zero-order valence-corrected chi connectivity index (χ0v) is 19.5. The summed E-state index contributed by atoms with van der Waals surface area (Å²) in [6, 6.07) is 10.6. The van der Waals surface area contributed by atoms with Crippen molar-refractivity contribution in [2.75, 3.05) is 50.8 Å². The van der Waals surface area contributed by atoms with Crippen LogP contribution in [0.25, 0.3) is 11.3 Å². The summed E-state index contributed by atoms with van der Waals surface area (Å²) in [5, 5.41) is 4.50. The predicted molar refractivity (Wildman–Crippen MR) is 126 cm³/mol. The van der Waals surface area contributed by atoms with Gasteiger partial charge in [-0.1, -0.05) is 42.4 Å². The molecule has 174 valence electrons. The van der Waals surface area contributed by atoms with Gasteiger partial charge in [0.25, 0.3) is 0 Å². The van der Waals surface area contributed by atoms with E-state index in [1.165, 1.54) is 6.42 Å². The Morgan fingerprint density at radius 1 is 1.16 bits per heavy atom. The summed E-state index contributed by atoms with van der Waals surface area (Å²) in [5.74, 6) is 0.993. The summed E-state index contributed by atoms with van der Waals surface area (Å²) < 4.78 is 11.4. The smallest absolute Gasteiger partial charge is 0.233 e. The largest absolute Gasteiger partial charge is 0.379 e. The lowest BCUT2D eigenvalue weighted by molar-refractivity contribution is -0.131. The molecule has 7 nitrogen and oxygen atoms in total. The predicted octanol–water partition coefficient (Wildman–Crippen LogP) is 3.79. The molecule has 0 radical (unpaired) electrons. The van der Waals surface area contributed by atoms with Gasteiger partial charge in [-0.15, -0.1) is 0 Å². The van der Waals surface area contributed by atoms with Gasteiger partial charge in [-0.05, 0) is 26.2 Å². The Bertz CT molecular complexity index is 863. The maximum Gasteiger partial charge on any atom is 0.233 e. The number of anilines is 1. The second-order valence-electron chi connectivity index (χ2n) is 8.84. The number of hydrogen-bond donors (Lipinski definition) is 0. The lowest BCUT2D eigenvalue weighted by Gasteiger charge is -2.34. The van der Waals surface area contributed by atoms with Crippen molar-refractivity contribution in [1.29, 1.82) is 0 Å². The van der Waals surface area contributed by atoms with Crippen molar-refractivity contribution in [3.63, 3.8) is 0 Å². The third-order valence-corrected chi connectivity index (χ3v) is 6.67. The Labute approximate surface area is 191 Å². The molecular weight excluding hydrogens is 404 g/mol. The molecule has 1 atom stereocenters. The van der Waals surface area contributed by atoms with Gasteiger partial charge in [-0.3, -0.25) is 9.69 Å². The highest BCUT2D eigenvalue weighted by molar-refractivity contribution is 5.77. The SMILES string of the molecule is CCC(=O)N(CCN1CCOCC1)Cc1c(-c2ccccc2)noc1N1CCCCC1C. The van der Waals surface area contributed by atoms with E-state index in [-0.39, 0.29) is 5.91 Å². The number of rotatable bonds is 8. The summed E-state index contributed by atoms with van der Waals surface area (Å²) in [6.07, 6.45) is 4.03. The fourth-order valence-electron chi connectivity index (χ4n) is 4.68. The molecule has 2 aromatic rings. The molecule has 2 aliphatic rings. The zero-order valence-electron chi connectivity index (χ0n) is 19.5. The molecular formula is C25H36N4O3. The van der Waals surface area contributed by atoms with E-state index in [4.69, 9.17) is 9.26 Å². The molecule has 0 N–H and O–H groups in total. The van der Waals surface area contributed by atoms with Crippen LogP contribution >= 0.6 is 0 Å². The van der Waals surface area contributed by atoms with Crippen LogP contribution in [0.15, 0.2) is 34.9 Å². The molecule has 0 bridgehead atoms. The maximum atomic E-state index is 12.9. The van der Waals surface area contributed by atoms with Crippen LogP contribution in [0.4, 0.5) is 5.88 Å². The van der Waals surface area contributed by atoms with Gasteiger partial charge in [0.05, 0.1) is 25.3 Å². The Morgan fingerprint density at radius 2 is 1.94 bits per heavy atom. The Kier molecular flexibility index (Phi) is 7.81. The highest BCUT2D eigenvalue weighted by atomic mass is 16.5. The first-order valence-corrected chi connectivity index (χ1v) is 12.1. The molecule has 7 heteroatoms. The number of amides is 1.